The minimum atomic E-state index is 0.507. The molecule has 1 atom stereocenters. The molecule has 25 heavy (non-hydrogen) atoms. The molecule has 0 aromatic heterocycles. The standard InChI is InChI=1S/C19H32ClN5/c1-15(2)18(25-11-9-24(4)10-12-25)14-23-19(21-3)22-13-16-7-5-6-8-17(16)20/h5-8,15,18H,9-14H2,1-4H3,(H2,21,22,23). The second kappa shape index (κ2) is 10.00. The fourth-order valence-corrected chi connectivity index (χ4v) is 3.39. The number of benzene rings is 1. The van der Waals surface area contributed by atoms with Crippen LogP contribution in [0.15, 0.2) is 29.3 Å². The van der Waals surface area contributed by atoms with Gasteiger partial charge in [0.1, 0.15) is 0 Å². The first-order chi connectivity index (χ1) is 12.0. The molecule has 140 valence electrons. The maximum Gasteiger partial charge on any atom is 0.191 e. The van der Waals surface area contributed by atoms with Crippen molar-refractivity contribution in [3.05, 3.63) is 34.9 Å². The first-order valence-electron chi connectivity index (χ1n) is 9.11. The van der Waals surface area contributed by atoms with Crippen molar-refractivity contribution < 1.29 is 0 Å². The first kappa shape index (κ1) is 20.0. The number of nitrogens with zero attached hydrogens (tertiary/aromatic N) is 3. The van der Waals surface area contributed by atoms with Crippen molar-refractivity contribution in [2.24, 2.45) is 10.9 Å². The molecule has 0 amide bonds. The first-order valence-corrected chi connectivity index (χ1v) is 9.49. The number of halogens is 1. The lowest BCUT2D eigenvalue weighted by Crippen LogP contribution is -2.55. The lowest BCUT2D eigenvalue weighted by molar-refractivity contribution is 0.0900. The molecule has 0 spiro atoms. The van der Waals surface area contributed by atoms with Gasteiger partial charge >= 0.3 is 0 Å². The van der Waals surface area contributed by atoms with Crippen LogP contribution in [0.1, 0.15) is 19.4 Å². The number of hydrogen-bond donors (Lipinski definition) is 2. The number of nitrogens with one attached hydrogen (secondary N) is 2. The maximum atomic E-state index is 6.22. The molecule has 5 nitrogen and oxygen atoms in total. The van der Waals surface area contributed by atoms with E-state index in [1.807, 2.05) is 31.3 Å². The van der Waals surface area contributed by atoms with E-state index in [0.29, 0.717) is 18.5 Å². The lowest BCUT2D eigenvalue weighted by Gasteiger charge is -2.40. The van der Waals surface area contributed by atoms with Gasteiger partial charge in [0.15, 0.2) is 5.96 Å². The van der Waals surface area contributed by atoms with Gasteiger partial charge in [0.2, 0.25) is 0 Å². The van der Waals surface area contributed by atoms with Crippen molar-refractivity contribution >= 4 is 17.6 Å². The number of hydrogen-bond acceptors (Lipinski definition) is 3. The smallest absolute Gasteiger partial charge is 0.191 e. The summed E-state index contributed by atoms with van der Waals surface area (Å²) in [6, 6.07) is 8.40. The van der Waals surface area contributed by atoms with Crippen LogP contribution < -0.4 is 10.6 Å². The van der Waals surface area contributed by atoms with Gasteiger partial charge in [-0.3, -0.25) is 9.89 Å². The summed E-state index contributed by atoms with van der Waals surface area (Å²) in [5.41, 5.74) is 1.08. The van der Waals surface area contributed by atoms with Crippen molar-refractivity contribution in [2.45, 2.75) is 26.4 Å². The zero-order valence-corrected chi connectivity index (χ0v) is 16.7. The van der Waals surface area contributed by atoms with E-state index in [0.717, 1.165) is 49.3 Å². The van der Waals surface area contributed by atoms with Crippen molar-refractivity contribution in [2.75, 3.05) is 46.8 Å². The molecule has 1 aliphatic rings. The van der Waals surface area contributed by atoms with Gasteiger partial charge in [-0.15, -0.1) is 0 Å². The third kappa shape index (κ3) is 6.17. The fourth-order valence-electron chi connectivity index (χ4n) is 3.18. The second-order valence-corrected chi connectivity index (χ2v) is 7.46. The molecule has 1 fully saturated rings. The monoisotopic (exact) mass is 365 g/mol. The number of aliphatic imine (C=N–C) groups is 1. The number of guanidine groups is 1. The summed E-state index contributed by atoms with van der Waals surface area (Å²) in [4.78, 5) is 9.34. The summed E-state index contributed by atoms with van der Waals surface area (Å²) in [5, 5.41) is 7.63. The Kier molecular flexibility index (Phi) is 8.00. The Labute approximate surface area is 157 Å². The van der Waals surface area contributed by atoms with Crippen LogP contribution in [0.2, 0.25) is 5.02 Å². The average Bonchev–Trinajstić information content (AvgIpc) is 2.60. The molecule has 2 N–H and O–H groups in total. The summed E-state index contributed by atoms with van der Waals surface area (Å²) in [6.45, 7) is 10.7. The minimum absolute atomic E-state index is 0.507. The molecule has 1 aliphatic heterocycles. The van der Waals surface area contributed by atoms with Crippen LogP contribution >= 0.6 is 11.6 Å². The zero-order valence-electron chi connectivity index (χ0n) is 15.9. The van der Waals surface area contributed by atoms with E-state index in [4.69, 9.17) is 11.6 Å². The SMILES string of the molecule is CN=C(NCc1ccccc1Cl)NCC(C(C)C)N1CCN(C)CC1. The molecule has 2 rings (SSSR count). The topological polar surface area (TPSA) is 42.9 Å². The maximum absolute atomic E-state index is 6.22. The van der Waals surface area contributed by atoms with E-state index >= 15 is 0 Å². The van der Waals surface area contributed by atoms with Crippen LogP contribution in [0, 0.1) is 5.92 Å². The third-order valence-electron chi connectivity index (χ3n) is 4.88. The minimum Gasteiger partial charge on any atom is -0.355 e. The Balaban J connectivity index is 1.86. The normalized spacial score (nSPS) is 18.4. The largest absolute Gasteiger partial charge is 0.355 e. The summed E-state index contributed by atoms with van der Waals surface area (Å²) >= 11 is 6.22. The summed E-state index contributed by atoms with van der Waals surface area (Å²) < 4.78 is 0. The predicted molar refractivity (Wildman–Crippen MR) is 107 cm³/mol. The summed E-state index contributed by atoms with van der Waals surface area (Å²) in [7, 11) is 4.00. The van der Waals surface area contributed by atoms with Crippen LogP contribution in [-0.4, -0.2) is 68.6 Å². The van der Waals surface area contributed by atoms with Gasteiger partial charge in [0, 0.05) is 57.4 Å². The van der Waals surface area contributed by atoms with Crippen LogP contribution in [0.3, 0.4) is 0 Å². The quantitative estimate of drug-likeness (QED) is 0.599. The summed E-state index contributed by atoms with van der Waals surface area (Å²) in [6.07, 6.45) is 0. The van der Waals surface area contributed by atoms with Gasteiger partial charge in [0.05, 0.1) is 0 Å². The molecular formula is C19H32ClN5. The number of piperazine rings is 1. The second-order valence-electron chi connectivity index (χ2n) is 7.05. The predicted octanol–water partition coefficient (Wildman–Crippen LogP) is 2.28. The van der Waals surface area contributed by atoms with Gasteiger partial charge in [-0.2, -0.15) is 0 Å². The van der Waals surface area contributed by atoms with Gasteiger partial charge in [-0.1, -0.05) is 43.6 Å². The number of likely N-dealkylation sites (N-methyl/N-ethyl adjacent to an activating group) is 1. The van der Waals surface area contributed by atoms with E-state index in [1.165, 1.54) is 0 Å². The van der Waals surface area contributed by atoms with Crippen LogP contribution in [0.5, 0.6) is 0 Å². The van der Waals surface area contributed by atoms with E-state index in [9.17, 15) is 0 Å². The Morgan fingerprint density at radius 1 is 1.16 bits per heavy atom. The fraction of sp³-hybridized carbons (Fsp3) is 0.632. The van der Waals surface area contributed by atoms with E-state index in [-0.39, 0.29) is 0 Å². The average molecular weight is 366 g/mol. The van der Waals surface area contributed by atoms with Crippen molar-refractivity contribution in [3.8, 4) is 0 Å². The molecule has 1 heterocycles. The third-order valence-corrected chi connectivity index (χ3v) is 5.25. The number of rotatable bonds is 6. The molecule has 0 saturated carbocycles. The van der Waals surface area contributed by atoms with Crippen molar-refractivity contribution in [1.82, 2.24) is 20.4 Å². The van der Waals surface area contributed by atoms with Crippen molar-refractivity contribution in [3.63, 3.8) is 0 Å². The Hall–Kier alpha value is -1.30. The van der Waals surface area contributed by atoms with Crippen molar-refractivity contribution in [1.29, 1.82) is 0 Å². The van der Waals surface area contributed by atoms with E-state index in [2.05, 4.69) is 46.3 Å². The summed E-state index contributed by atoms with van der Waals surface area (Å²) in [5.74, 6) is 1.41. The molecule has 1 aromatic carbocycles. The van der Waals surface area contributed by atoms with Crippen LogP contribution in [-0.2, 0) is 6.54 Å². The Morgan fingerprint density at radius 2 is 1.84 bits per heavy atom. The molecule has 6 heteroatoms. The molecular weight excluding hydrogens is 334 g/mol. The highest BCUT2D eigenvalue weighted by Gasteiger charge is 2.25. The Morgan fingerprint density at radius 3 is 2.44 bits per heavy atom. The van der Waals surface area contributed by atoms with Gasteiger partial charge in [-0.05, 0) is 24.6 Å². The highest BCUT2D eigenvalue weighted by molar-refractivity contribution is 6.31. The Bertz CT molecular complexity index is 553. The van der Waals surface area contributed by atoms with Crippen LogP contribution in [0.4, 0.5) is 0 Å². The molecule has 1 aromatic rings. The van der Waals surface area contributed by atoms with Gasteiger partial charge in [0.25, 0.3) is 0 Å². The van der Waals surface area contributed by atoms with Gasteiger partial charge < -0.3 is 15.5 Å². The van der Waals surface area contributed by atoms with E-state index in [1.54, 1.807) is 0 Å². The van der Waals surface area contributed by atoms with Gasteiger partial charge in [-0.25, -0.2) is 0 Å². The van der Waals surface area contributed by atoms with E-state index < -0.39 is 0 Å². The highest BCUT2D eigenvalue weighted by atomic mass is 35.5. The molecule has 0 radical (unpaired) electrons. The lowest BCUT2D eigenvalue weighted by atomic mass is 10.0. The highest BCUT2D eigenvalue weighted by Crippen LogP contribution is 2.15. The zero-order chi connectivity index (χ0) is 18.2. The van der Waals surface area contributed by atoms with Crippen LogP contribution in [0.25, 0.3) is 0 Å². The molecule has 1 unspecified atom stereocenters. The molecule has 0 aliphatic carbocycles. The molecule has 0 bridgehead atoms. The molecule has 1 saturated heterocycles.